The summed E-state index contributed by atoms with van der Waals surface area (Å²) < 4.78 is 9.96. The molecule has 1 aliphatic heterocycles. The molecule has 1 N–H and O–H groups in total. The fourth-order valence-electron chi connectivity index (χ4n) is 7.42. The minimum Gasteiger partial charge on any atom is -0.466 e. The first kappa shape index (κ1) is 29.1. The zero-order chi connectivity index (χ0) is 29.8. The minimum absolute atomic E-state index is 0.0436. The number of unbranched alkanes of at least 4 members (excludes halogenated alkanes) is 1. The summed E-state index contributed by atoms with van der Waals surface area (Å²) in [6, 6.07) is 16.4. The molecule has 9 nitrogen and oxygen atoms in total. The summed E-state index contributed by atoms with van der Waals surface area (Å²) >= 11 is 0. The van der Waals surface area contributed by atoms with Gasteiger partial charge in [-0.05, 0) is 67.4 Å². The summed E-state index contributed by atoms with van der Waals surface area (Å²) in [7, 11) is 0. The summed E-state index contributed by atoms with van der Waals surface area (Å²) in [6.45, 7) is 5.16. The first-order valence-corrected chi connectivity index (χ1v) is 16.0. The second kappa shape index (κ2) is 12.7. The highest BCUT2D eigenvalue weighted by Crippen LogP contribution is 2.50. The van der Waals surface area contributed by atoms with Gasteiger partial charge in [0, 0.05) is 29.8 Å². The van der Waals surface area contributed by atoms with Crippen LogP contribution in [0, 0.1) is 5.41 Å². The third-order valence-electron chi connectivity index (χ3n) is 9.51. The van der Waals surface area contributed by atoms with Crippen molar-refractivity contribution in [3.05, 3.63) is 75.7 Å². The van der Waals surface area contributed by atoms with Crippen molar-refractivity contribution in [2.45, 2.75) is 97.1 Å². The number of rotatable bonds is 10. The third-order valence-corrected chi connectivity index (χ3v) is 9.51. The van der Waals surface area contributed by atoms with Gasteiger partial charge in [-0.15, -0.1) is 10.2 Å². The molecule has 1 unspecified atom stereocenters. The predicted octanol–water partition coefficient (Wildman–Crippen LogP) is 6.28. The van der Waals surface area contributed by atoms with Gasteiger partial charge in [0.15, 0.2) is 0 Å². The van der Waals surface area contributed by atoms with Crippen molar-refractivity contribution in [1.82, 2.24) is 30.0 Å². The number of nitrogens with zero attached hydrogens (tertiary/aromatic N) is 5. The Balaban J connectivity index is 1.37. The Morgan fingerprint density at radius 1 is 1.02 bits per heavy atom. The zero-order valence-electron chi connectivity index (χ0n) is 25.3. The van der Waals surface area contributed by atoms with Crippen molar-refractivity contribution in [2.75, 3.05) is 6.61 Å². The summed E-state index contributed by atoms with van der Waals surface area (Å²) in [5.41, 5.74) is 5.59. The predicted molar refractivity (Wildman–Crippen MR) is 166 cm³/mol. The Kier molecular flexibility index (Phi) is 8.58. The van der Waals surface area contributed by atoms with E-state index in [9.17, 15) is 9.59 Å². The van der Waals surface area contributed by atoms with Crippen molar-refractivity contribution in [1.29, 1.82) is 0 Å². The number of carbonyl (C=O) groups is 1. The van der Waals surface area contributed by atoms with E-state index in [1.165, 1.54) is 0 Å². The van der Waals surface area contributed by atoms with E-state index in [2.05, 4.69) is 62.6 Å². The smallest absolute Gasteiger partial charge is 0.314 e. The molecule has 2 aromatic carbocycles. The monoisotopic (exact) mass is 582 g/mol. The molecule has 9 heteroatoms. The van der Waals surface area contributed by atoms with E-state index in [1.807, 2.05) is 29.8 Å². The Hall–Kier alpha value is -4.01. The lowest BCUT2D eigenvalue weighted by Gasteiger charge is -2.45. The summed E-state index contributed by atoms with van der Waals surface area (Å²) in [5.74, 6) is 0.481. The Morgan fingerprint density at radius 3 is 2.49 bits per heavy atom. The van der Waals surface area contributed by atoms with E-state index in [0.717, 1.165) is 97.7 Å². The van der Waals surface area contributed by atoms with E-state index in [-0.39, 0.29) is 17.6 Å². The Morgan fingerprint density at radius 2 is 1.79 bits per heavy atom. The van der Waals surface area contributed by atoms with Crippen molar-refractivity contribution < 1.29 is 9.53 Å². The van der Waals surface area contributed by atoms with Gasteiger partial charge in [-0.25, -0.2) is 4.68 Å². The van der Waals surface area contributed by atoms with Crippen LogP contribution in [0.2, 0.25) is 0 Å². The molecular weight excluding hydrogens is 540 g/mol. The number of nitrogens with one attached hydrogen (secondary N) is 1. The summed E-state index contributed by atoms with van der Waals surface area (Å²) in [6.07, 6.45) is 10.1. The molecule has 6 rings (SSSR count). The number of H-pyrrole nitrogens is 1. The number of esters is 1. The lowest BCUT2D eigenvalue weighted by Crippen LogP contribution is -2.47. The molecule has 3 heterocycles. The van der Waals surface area contributed by atoms with E-state index >= 15 is 0 Å². The van der Waals surface area contributed by atoms with Crippen LogP contribution in [0.4, 0.5) is 0 Å². The van der Waals surface area contributed by atoms with Gasteiger partial charge in [0.2, 0.25) is 5.82 Å². The van der Waals surface area contributed by atoms with Gasteiger partial charge in [-0.2, -0.15) is 5.21 Å². The maximum Gasteiger partial charge on any atom is 0.314 e. The van der Waals surface area contributed by atoms with E-state index in [1.54, 1.807) is 0 Å². The van der Waals surface area contributed by atoms with E-state index < -0.39 is 5.41 Å². The standard InChI is InChI=1S/C34H42N6O3/c1-3-5-14-29-28(23-24-16-18-25(19-17-24)26-12-7-8-13-27(26)31-35-37-38-36-31)32(41)39-22-11-15-30(40(29)39)34(33(42)43-4-2)20-9-6-10-21-34/h7-8,12-13,16-19,30H,3-6,9-11,14-15,20-23H2,1-2H3,(H,35,36,37,38). The summed E-state index contributed by atoms with van der Waals surface area (Å²) in [4.78, 5) is 27.7. The molecule has 0 spiro atoms. The molecule has 1 fully saturated rings. The van der Waals surface area contributed by atoms with Crippen molar-refractivity contribution in [3.63, 3.8) is 0 Å². The second-order valence-corrected chi connectivity index (χ2v) is 12.1. The molecule has 0 radical (unpaired) electrons. The van der Waals surface area contributed by atoms with Crippen molar-refractivity contribution in [2.24, 2.45) is 5.41 Å². The normalized spacial score (nSPS) is 17.9. The first-order chi connectivity index (χ1) is 21.1. The highest BCUT2D eigenvalue weighted by atomic mass is 16.5. The van der Waals surface area contributed by atoms with Crippen LogP contribution >= 0.6 is 0 Å². The number of tetrazole rings is 1. The van der Waals surface area contributed by atoms with Crippen LogP contribution < -0.4 is 5.56 Å². The number of hydrogen-bond acceptors (Lipinski definition) is 6. The average Bonchev–Trinajstić information content (AvgIpc) is 3.68. The molecule has 0 amide bonds. The molecule has 2 aromatic heterocycles. The largest absolute Gasteiger partial charge is 0.466 e. The number of aromatic nitrogens is 6. The van der Waals surface area contributed by atoms with Crippen LogP contribution in [0.1, 0.15) is 94.5 Å². The van der Waals surface area contributed by atoms with Crippen LogP contribution in [-0.2, 0) is 28.9 Å². The molecule has 1 aliphatic carbocycles. The molecule has 2 aliphatic rings. The average molecular weight is 583 g/mol. The summed E-state index contributed by atoms with van der Waals surface area (Å²) in [5, 5.41) is 14.6. The number of fused-ring (bicyclic) bond motifs is 1. The molecule has 1 atom stereocenters. The minimum atomic E-state index is -0.562. The Labute approximate surface area is 252 Å². The number of aromatic amines is 1. The van der Waals surface area contributed by atoms with Crippen molar-refractivity contribution >= 4 is 5.97 Å². The first-order valence-electron chi connectivity index (χ1n) is 16.0. The SMILES string of the molecule is CCCCc1c(Cc2ccc(-c3ccccc3-c3nn[nH]n3)cc2)c(=O)n2n1C(C1(C(=O)OCC)CCCCC1)CCC2. The second-order valence-electron chi connectivity index (χ2n) is 12.1. The highest BCUT2D eigenvalue weighted by molar-refractivity contribution is 5.80. The van der Waals surface area contributed by atoms with Gasteiger partial charge in [-0.1, -0.05) is 81.1 Å². The van der Waals surface area contributed by atoms with Crippen LogP contribution in [0.3, 0.4) is 0 Å². The highest BCUT2D eigenvalue weighted by Gasteiger charge is 2.50. The van der Waals surface area contributed by atoms with Gasteiger partial charge in [0.05, 0.1) is 18.1 Å². The van der Waals surface area contributed by atoms with Crippen molar-refractivity contribution in [3.8, 4) is 22.5 Å². The molecule has 43 heavy (non-hydrogen) atoms. The molecule has 4 aromatic rings. The molecule has 226 valence electrons. The lowest BCUT2D eigenvalue weighted by molar-refractivity contribution is -0.163. The lowest BCUT2D eigenvalue weighted by atomic mass is 9.67. The quantitative estimate of drug-likeness (QED) is 0.221. The van der Waals surface area contributed by atoms with Gasteiger partial charge < -0.3 is 4.74 Å². The van der Waals surface area contributed by atoms with Gasteiger partial charge in [0.1, 0.15) is 0 Å². The van der Waals surface area contributed by atoms with E-state index in [0.29, 0.717) is 25.4 Å². The topological polar surface area (TPSA) is 108 Å². The maximum atomic E-state index is 14.1. The van der Waals surface area contributed by atoms with Crippen LogP contribution in [-0.4, -0.2) is 42.6 Å². The third kappa shape index (κ3) is 5.45. The maximum absolute atomic E-state index is 14.1. The number of benzene rings is 2. The van der Waals surface area contributed by atoms with Crippen LogP contribution in [0.5, 0.6) is 0 Å². The number of ether oxygens (including phenoxy) is 1. The number of carbonyl (C=O) groups excluding carboxylic acids is 1. The van der Waals surface area contributed by atoms with Gasteiger partial charge in [-0.3, -0.25) is 14.3 Å². The zero-order valence-corrected chi connectivity index (χ0v) is 25.3. The van der Waals surface area contributed by atoms with Gasteiger partial charge >= 0.3 is 5.97 Å². The Bertz CT molecular complexity index is 1600. The van der Waals surface area contributed by atoms with E-state index in [4.69, 9.17) is 4.74 Å². The van der Waals surface area contributed by atoms with Crippen LogP contribution in [0.25, 0.3) is 22.5 Å². The molecule has 0 bridgehead atoms. The molecule has 1 saturated carbocycles. The fourth-order valence-corrected chi connectivity index (χ4v) is 7.42. The fraction of sp³-hybridized carbons (Fsp3) is 0.500. The molecular formula is C34H42N6O3. The van der Waals surface area contributed by atoms with Gasteiger partial charge in [0.25, 0.3) is 5.56 Å². The number of hydrogen-bond donors (Lipinski definition) is 1. The van der Waals surface area contributed by atoms with Crippen LogP contribution in [0.15, 0.2) is 53.3 Å². The molecule has 0 saturated heterocycles.